The number of carbonyl (C=O) groups excluding carboxylic acids is 1. The summed E-state index contributed by atoms with van der Waals surface area (Å²) in [5.41, 5.74) is 2.43. The quantitative estimate of drug-likeness (QED) is 0.542. The van der Waals surface area contributed by atoms with Gasteiger partial charge in [-0.3, -0.25) is 13.9 Å². The third-order valence-electron chi connectivity index (χ3n) is 4.92. The lowest BCUT2D eigenvalue weighted by Gasteiger charge is -2.10. The van der Waals surface area contributed by atoms with Gasteiger partial charge in [-0.05, 0) is 38.1 Å². The van der Waals surface area contributed by atoms with Crippen LogP contribution in [0.3, 0.4) is 0 Å². The highest BCUT2D eigenvalue weighted by Gasteiger charge is 2.20. The van der Waals surface area contributed by atoms with Crippen LogP contribution < -0.4 is 10.1 Å². The van der Waals surface area contributed by atoms with Gasteiger partial charge < -0.3 is 10.1 Å². The van der Waals surface area contributed by atoms with E-state index in [0.717, 1.165) is 5.69 Å². The largest absolute Gasteiger partial charge is 0.485 e. The number of rotatable bonds is 5. The molecule has 1 aromatic carbocycles. The van der Waals surface area contributed by atoms with Gasteiger partial charge in [0.2, 0.25) is 0 Å². The minimum absolute atomic E-state index is 0.173. The van der Waals surface area contributed by atoms with E-state index in [1.807, 2.05) is 6.92 Å². The molecule has 0 atom stereocenters. The topological polar surface area (TPSA) is 73.5 Å². The van der Waals surface area contributed by atoms with Crippen LogP contribution in [-0.4, -0.2) is 25.1 Å². The summed E-state index contributed by atoms with van der Waals surface area (Å²) >= 11 is 0. The maximum absolute atomic E-state index is 13.9. The lowest BCUT2D eigenvalue weighted by Crippen LogP contribution is -2.16. The number of benzene rings is 1. The number of anilines is 1. The van der Waals surface area contributed by atoms with Crippen molar-refractivity contribution in [2.75, 3.05) is 5.32 Å². The predicted molar refractivity (Wildman–Crippen MR) is 107 cm³/mol. The molecule has 4 aromatic rings. The van der Waals surface area contributed by atoms with Gasteiger partial charge in [0.05, 0.1) is 28.8 Å². The molecular weight excluding hydrogens is 392 g/mol. The number of aromatic nitrogens is 4. The van der Waals surface area contributed by atoms with E-state index in [2.05, 4.69) is 15.4 Å². The van der Waals surface area contributed by atoms with Gasteiger partial charge >= 0.3 is 0 Å². The van der Waals surface area contributed by atoms with E-state index in [9.17, 15) is 13.6 Å². The maximum atomic E-state index is 13.9. The number of aryl methyl sites for hydroxylation is 2. The maximum Gasteiger partial charge on any atom is 0.274 e. The first kappa shape index (κ1) is 19.6. The van der Waals surface area contributed by atoms with E-state index in [1.165, 1.54) is 18.2 Å². The SMILES string of the molecule is Cc1nc2c(OCc3c(F)cccc3F)cccn2c1C(=O)Nc1cnn(C)c1C. The van der Waals surface area contributed by atoms with Gasteiger partial charge in [-0.25, -0.2) is 13.8 Å². The third kappa shape index (κ3) is 3.38. The highest BCUT2D eigenvalue weighted by Crippen LogP contribution is 2.25. The second kappa shape index (κ2) is 7.58. The van der Waals surface area contributed by atoms with Crippen LogP contribution >= 0.6 is 0 Å². The number of carbonyl (C=O) groups is 1. The van der Waals surface area contributed by atoms with E-state index in [0.29, 0.717) is 28.5 Å². The van der Waals surface area contributed by atoms with Crippen molar-refractivity contribution in [2.45, 2.75) is 20.5 Å². The molecule has 0 unspecified atom stereocenters. The van der Waals surface area contributed by atoms with Crippen LogP contribution in [0, 0.1) is 25.5 Å². The number of pyridine rings is 1. The molecule has 9 heteroatoms. The Kier molecular flexibility index (Phi) is 4.94. The fraction of sp³-hybridized carbons (Fsp3) is 0.190. The lowest BCUT2D eigenvalue weighted by molar-refractivity contribution is 0.102. The summed E-state index contributed by atoms with van der Waals surface area (Å²) in [4.78, 5) is 17.3. The van der Waals surface area contributed by atoms with Crippen molar-refractivity contribution >= 4 is 17.2 Å². The number of halogens is 2. The second-order valence-electron chi connectivity index (χ2n) is 6.82. The molecule has 0 aliphatic carbocycles. The zero-order chi connectivity index (χ0) is 21.4. The first-order valence-corrected chi connectivity index (χ1v) is 9.20. The molecule has 4 rings (SSSR count). The molecule has 0 saturated carbocycles. The third-order valence-corrected chi connectivity index (χ3v) is 4.92. The fourth-order valence-electron chi connectivity index (χ4n) is 3.17. The molecule has 1 amide bonds. The Balaban J connectivity index is 1.65. The van der Waals surface area contributed by atoms with Gasteiger partial charge in [0.15, 0.2) is 11.4 Å². The number of hydrogen-bond donors (Lipinski definition) is 1. The van der Waals surface area contributed by atoms with Crippen LogP contribution in [0.25, 0.3) is 5.65 Å². The number of hydrogen-bond acceptors (Lipinski definition) is 4. The molecule has 0 fully saturated rings. The summed E-state index contributed by atoms with van der Waals surface area (Å²) in [6, 6.07) is 6.94. The van der Waals surface area contributed by atoms with Crippen molar-refractivity contribution in [3.05, 3.63) is 77.0 Å². The second-order valence-corrected chi connectivity index (χ2v) is 6.82. The molecule has 0 spiro atoms. The lowest BCUT2D eigenvalue weighted by atomic mass is 10.2. The number of nitrogens with one attached hydrogen (secondary N) is 1. The van der Waals surface area contributed by atoms with Crippen LogP contribution in [0.2, 0.25) is 0 Å². The molecule has 0 aliphatic rings. The summed E-state index contributed by atoms with van der Waals surface area (Å²) < 4.78 is 36.7. The van der Waals surface area contributed by atoms with Crippen molar-refractivity contribution in [1.82, 2.24) is 19.2 Å². The minimum Gasteiger partial charge on any atom is -0.485 e. The zero-order valence-electron chi connectivity index (χ0n) is 16.6. The number of nitrogens with zero attached hydrogens (tertiary/aromatic N) is 4. The van der Waals surface area contributed by atoms with E-state index in [1.54, 1.807) is 47.6 Å². The average Bonchev–Trinajstić information content (AvgIpc) is 3.21. The van der Waals surface area contributed by atoms with Crippen molar-refractivity contribution in [2.24, 2.45) is 7.05 Å². The summed E-state index contributed by atoms with van der Waals surface area (Å²) in [5.74, 6) is -1.42. The molecule has 30 heavy (non-hydrogen) atoms. The van der Waals surface area contributed by atoms with Crippen LogP contribution in [0.15, 0.2) is 42.7 Å². The van der Waals surface area contributed by atoms with E-state index >= 15 is 0 Å². The van der Waals surface area contributed by atoms with Gasteiger partial charge in [-0.2, -0.15) is 5.10 Å². The van der Waals surface area contributed by atoms with Crippen molar-refractivity contribution in [3.8, 4) is 5.75 Å². The zero-order valence-corrected chi connectivity index (χ0v) is 16.6. The van der Waals surface area contributed by atoms with Crippen molar-refractivity contribution in [3.63, 3.8) is 0 Å². The average molecular weight is 411 g/mol. The molecule has 0 bridgehead atoms. The fourth-order valence-corrected chi connectivity index (χ4v) is 3.17. The summed E-state index contributed by atoms with van der Waals surface area (Å²) in [7, 11) is 1.78. The van der Waals surface area contributed by atoms with Crippen LogP contribution in [0.5, 0.6) is 5.75 Å². The first-order valence-electron chi connectivity index (χ1n) is 9.20. The Morgan fingerprint density at radius 1 is 1.17 bits per heavy atom. The summed E-state index contributed by atoms with van der Waals surface area (Å²) in [5, 5.41) is 6.95. The molecule has 0 aliphatic heterocycles. The van der Waals surface area contributed by atoms with Crippen molar-refractivity contribution < 1.29 is 18.3 Å². The molecular formula is C21H19F2N5O2. The van der Waals surface area contributed by atoms with Crippen LogP contribution in [-0.2, 0) is 13.7 Å². The highest BCUT2D eigenvalue weighted by atomic mass is 19.1. The molecule has 7 nitrogen and oxygen atoms in total. The normalized spacial score (nSPS) is 11.1. The van der Waals surface area contributed by atoms with Gasteiger partial charge in [0.25, 0.3) is 5.91 Å². The molecule has 3 aromatic heterocycles. The molecule has 154 valence electrons. The van der Waals surface area contributed by atoms with Gasteiger partial charge in [0, 0.05) is 13.2 Å². The molecule has 0 radical (unpaired) electrons. The van der Waals surface area contributed by atoms with Crippen LogP contribution in [0.1, 0.15) is 27.4 Å². The Bertz CT molecular complexity index is 1240. The Morgan fingerprint density at radius 2 is 1.90 bits per heavy atom. The number of imidazole rings is 1. The van der Waals surface area contributed by atoms with Gasteiger partial charge in [0.1, 0.15) is 23.9 Å². The number of amides is 1. The Morgan fingerprint density at radius 3 is 2.57 bits per heavy atom. The Hall–Kier alpha value is -3.75. The highest BCUT2D eigenvalue weighted by molar-refractivity contribution is 6.04. The Labute approximate surface area is 170 Å². The monoisotopic (exact) mass is 411 g/mol. The molecule has 0 saturated heterocycles. The molecule has 1 N–H and O–H groups in total. The van der Waals surface area contributed by atoms with E-state index in [-0.39, 0.29) is 18.1 Å². The summed E-state index contributed by atoms with van der Waals surface area (Å²) in [6.45, 7) is 3.25. The van der Waals surface area contributed by atoms with Gasteiger partial charge in [-0.15, -0.1) is 0 Å². The predicted octanol–water partition coefficient (Wildman–Crippen LogP) is 3.79. The van der Waals surface area contributed by atoms with Gasteiger partial charge in [-0.1, -0.05) is 6.07 Å². The van der Waals surface area contributed by atoms with Crippen LogP contribution in [0.4, 0.5) is 14.5 Å². The van der Waals surface area contributed by atoms with E-state index in [4.69, 9.17) is 4.74 Å². The smallest absolute Gasteiger partial charge is 0.274 e. The number of fused-ring (bicyclic) bond motifs is 1. The van der Waals surface area contributed by atoms with Crippen molar-refractivity contribution in [1.29, 1.82) is 0 Å². The molecule has 3 heterocycles. The standard InChI is InChI=1S/C21H19F2N5O2/c1-12-19(21(29)26-17-10-24-27(3)13(17)2)28-9-5-8-18(20(28)25-12)30-11-14-15(22)6-4-7-16(14)23/h4-10H,11H2,1-3H3,(H,26,29). The number of ether oxygens (including phenoxy) is 1. The summed E-state index contributed by atoms with van der Waals surface area (Å²) in [6.07, 6.45) is 3.25. The minimum atomic E-state index is -0.687. The van der Waals surface area contributed by atoms with E-state index < -0.39 is 11.6 Å². The first-order chi connectivity index (χ1) is 14.4.